The number of hydrogen-bond acceptors (Lipinski definition) is 1. The molecule has 2 nitrogen and oxygen atoms in total. The summed E-state index contributed by atoms with van der Waals surface area (Å²) in [5.74, 6) is -0.337. The Kier molecular flexibility index (Phi) is 4.27. The third-order valence-electron chi connectivity index (χ3n) is 3.98. The van der Waals surface area contributed by atoms with Crippen LogP contribution in [0.3, 0.4) is 0 Å². The Labute approximate surface area is 155 Å². The molecule has 1 aromatic heterocycles. The standard InChI is InChI=1S/C20H13BrFNOS/c21-15-10-11-19-14(12-15)13-20(17-8-4-5-9-18(17)22)23(19)25(24)16-6-2-1-3-7-16/h1-13H. The van der Waals surface area contributed by atoms with Crippen LogP contribution in [0.25, 0.3) is 22.2 Å². The largest absolute Gasteiger partial charge is 0.255 e. The van der Waals surface area contributed by atoms with Crippen molar-refractivity contribution in [3.8, 4) is 11.3 Å². The minimum atomic E-state index is -1.48. The van der Waals surface area contributed by atoms with Crippen molar-refractivity contribution in [1.29, 1.82) is 0 Å². The second-order valence-electron chi connectivity index (χ2n) is 5.57. The first-order valence-corrected chi connectivity index (χ1v) is 9.58. The van der Waals surface area contributed by atoms with Crippen LogP contribution in [0.15, 0.2) is 88.2 Å². The summed E-state index contributed by atoms with van der Waals surface area (Å²) in [5.41, 5.74) is 1.82. The number of fused-ring (bicyclic) bond motifs is 1. The summed E-state index contributed by atoms with van der Waals surface area (Å²) >= 11 is 3.46. The van der Waals surface area contributed by atoms with Gasteiger partial charge in [0, 0.05) is 15.4 Å². The summed E-state index contributed by atoms with van der Waals surface area (Å²) in [5, 5.41) is 0.900. The topological polar surface area (TPSA) is 22.0 Å². The zero-order chi connectivity index (χ0) is 17.4. The highest BCUT2D eigenvalue weighted by molar-refractivity contribution is 9.10. The number of halogens is 2. The molecule has 0 saturated heterocycles. The van der Waals surface area contributed by atoms with Crippen molar-refractivity contribution in [1.82, 2.24) is 3.97 Å². The summed E-state index contributed by atoms with van der Waals surface area (Å²) in [6.07, 6.45) is 0. The molecule has 1 heterocycles. The van der Waals surface area contributed by atoms with Gasteiger partial charge in [0.1, 0.15) is 5.82 Å². The molecular formula is C20H13BrFNOS. The van der Waals surface area contributed by atoms with Gasteiger partial charge in [0.25, 0.3) is 0 Å². The van der Waals surface area contributed by atoms with Crippen LogP contribution in [0.1, 0.15) is 0 Å². The maximum atomic E-state index is 14.4. The van der Waals surface area contributed by atoms with E-state index in [1.807, 2.05) is 54.6 Å². The lowest BCUT2D eigenvalue weighted by Gasteiger charge is -2.11. The minimum absolute atomic E-state index is 0.337. The van der Waals surface area contributed by atoms with Gasteiger partial charge >= 0.3 is 0 Å². The molecule has 1 atom stereocenters. The van der Waals surface area contributed by atoms with Crippen LogP contribution in [0.4, 0.5) is 4.39 Å². The number of aromatic nitrogens is 1. The van der Waals surface area contributed by atoms with Gasteiger partial charge in [-0.05, 0) is 48.5 Å². The van der Waals surface area contributed by atoms with Crippen LogP contribution < -0.4 is 0 Å². The van der Waals surface area contributed by atoms with E-state index in [2.05, 4.69) is 15.9 Å². The third-order valence-corrected chi connectivity index (χ3v) is 5.87. The quantitative estimate of drug-likeness (QED) is 0.417. The molecule has 0 aliphatic carbocycles. The summed E-state index contributed by atoms with van der Waals surface area (Å²) in [7, 11) is -1.48. The average molecular weight is 414 g/mol. The molecule has 0 aliphatic heterocycles. The lowest BCUT2D eigenvalue weighted by molar-refractivity contribution is 0.630. The Morgan fingerprint density at radius 1 is 0.880 bits per heavy atom. The van der Waals surface area contributed by atoms with E-state index in [0.717, 1.165) is 15.4 Å². The fourth-order valence-electron chi connectivity index (χ4n) is 2.84. The van der Waals surface area contributed by atoms with Gasteiger partial charge in [-0.3, -0.25) is 3.97 Å². The van der Waals surface area contributed by atoms with Gasteiger partial charge < -0.3 is 0 Å². The zero-order valence-corrected chi connectivity index (χ0v) is 15.4. The van der Waals surface area contributed by atoms with E-state index in [9.17, 15) is 8.60 Å². The normalized spacial score (nSPS) is 12.4. The third kappa shape index (κ3) is 2.94. The molecular weight excluding hydrogens is 401 g/mol. The molecule has 4 rings (SSSR count). The first-order chi connectivity index (χ1) is 12.1. The zero-order valence-electron chi connectivity index (χ0n) is 13.0. The van der Waals surface area contributed by atoms with Gasteiger partial charge in [-0.2, -0.15) is 0 Å². The van der Waals surface area contributed by atoms with Crippen LogP contribution in [0.5, 0.6) is 0 Å². The van der Waals surface area contributed by atoms with Crippen LogP contribution in [0, 0.1) is 5.82 Å². The van der Waals surface area contributed by atoms with Gasteiger partial charge in [0.2, 0.25) is 0 Å². The predicted octanol–water partition coefficient (Wildman–Crippen LogP) is 5.78. The van der Waals surface area contributed by atoms with E-state index in [4.69, 9.17) is 0 Å². The molecule has 0 N–H and O–H groups in total. The molecule has 0 aliphatic rings. The molecule has 124 valence electrons. The molecule has 3 aromatic carbocycles. The second kappa shape index (κ2) is 6.58. The molecule has 5 heteroatoms. The fourth-order valence-corrected chi connectivity index (χ4v) is 4.49. The lowest BCUT2D eigenvalue weighted by atomic mass is 10.1. The lowest BCUT2D eigenvalue weighted by Crippen LogP contribution is -2.07. The Balaban J connectivity index is 2.03. The summed E-state index contributed by atoms with van der Waals surface area (Å²) < 4.78 is 30.3. The number of hydrogen-bond donors (Lipinski definition) is 0. The fraction of sp³-hybridized carbons (Fsp3) is 0. The monoisotopic (exact) mass is 413 g/mol. The average Bonchev–Trinajstić information content (AvgIpc) is 3.00. The van der Waals surface area contributed by atoms with Crippen LogP contribution >= 0.6 is 15.9 Å². The Morgan fingerprint density at radius 2 is 1.60 bits per heavy atom. The molecule has 0 bridgehead atoms. The van der Waals surface area contributed by atoms with Gasteiger partial charge in [0.15, 0.2) is 11.0 Å². The van der Waals surface area contributed by atoms with E-state index in [0.29, 0.717) is 16.2 Å². The van der Waals surface area contributed by atoms with Gasteiger partial charge in [-0.15, -0.1) is 0 Å². The predicted molar refractivity (Wildman–Crippen MR) is 103 cm³/mol. The number of benzene rings is 3. The first-order valence-electron chi connectivity index (χ1n) is 7.68. The van der Waals surface area contributed by atoms with Crippen molar-refractivity contribution in [3.63, 3.8) is 0 Å². The van der Waals surface area contributed by atoms with E-state index in [-0.39, 0.29) is 5.82 Å². The van der Waals surface area contributed by atoms with Crippen molar-refractivity contribution in [2.45, 2.75) is 4.90 Å². The minimum Gasteiger partial charge on any atom is -0.255 e. The van der Waals surface area contributed by atoms with E-state index >= 15 is 0 Å². The Bertz CT molecular complexity index is 1090. The molecule has 0 radical (unpaired) electrons. The van der Waals surface area contributed by atoms with Gasteiger partial charge in [-0.25, -0.2) is 8.60 Å². The van der Waals surface area contributed by atoms with Gasteiger partial charge in [0.05, 0.1) is 16.1 Å². The molecule has 0 spiro atoms. The number of nitrogens with zero attached hydrogens (tertiary/aromatic N) is 1. The molecule has 4 aromatic rings. The SMILES string of the molecule is O=S(c1ccccc1)n1c(-c2ccccc2F)cc2cc(Br)ccc21. The van der Waals surface area contributed by atoms with Crippen LogP contribution in [-0.4, -0.2) is 8.18 Å². The van der Waals surface area contributed by atoms with E-state index in [1.54, 1.807) is 22.2 Å². The van der Waals surface area contributed by atoms with Gasteiger partial charge in [-0.1, -0.05) is 46.3 Å². The van der Waals surface area contributed by atoms with E-state index < -0.39 is 11.0 Å². The van der Waals surface area contributed by atoms with Crippen molar-refractivity contribution in [2.24, 2.45) is 0 Å². The second-order valence-corrected chi connectivity index (χ2v) is 7.82. The molecule has 0 amide bonds. The maximum absolute atomic E-state index is 14.4. The van der Waals surface area contributed by atoms with E-state index in [1.165, 1.54) is 6.07 Å². The highest BCUT2D eigenvalue weighted by atomic mass is 79.9. The molecule has 0 saturated carbocycles. The highest BCUT2D eigenvalue weighted by Gasteiger charge is 2.19. The summed E-state index contributed by atoms with van der Waals surface area (Å²) in [6, 6.07) is 23.3. The van der Waals surface area contributed by atoms with Crippen LogP contribution in [0.2, 0.25) is 0 Å². The molecule has 25 heavy (non-hydrogen) atoms. The molecule has 0 fully saturated rings. The summed E-state index contributed by atoms with van der Waals surface area (Å²) in [4.78, 5) is 0.667. The Morgan fingerprint density at radius 3 is 2.36 bits per heavy atom. The molecule has 1 unspecified atom stereocenters. The maximum Gasteiger partial charge on any atom is 0.157 e. The first kappa shape index (κ1) is 16.2. The van der Waals surface area contributed by atoms with Crippen molar-refractivity contribution in [2.75, 3.05) is 0 Å². The smallest absolute Gasteiger partial charge is 0.157 e. The van der Waals surface area contributed by atoms with Crippen molar-refractivity contribution < 1.29 is 8.60 Å². The van der Waals surface area contributed by atoms with Crippen LogP contribution in [-0.2, 0) is 11.0 Å². The van der Waals surface area contributed by atoms with Crippen molar-refractivity contribution >= 4 is 37.8 Å². The highest BCUT2D eigenvalue weighted by Crippen LogP contribution is 2.33. The number of rotatable bonds is 3. The Hall–Kier alpha value is -2.24. The van der Waals surface area contributed by atoms with Crippen molar-refractivity contribution in [3.05, 3.63) is 89.2 Å². The summed E-state index contributed by atoms with van der Waals surface area (Å²) in [6.45, 7) is 0.